The fourth-order valence-electron chi connectivity index (χ4n) is 1.55. The third kappa shape index (κ3) is 5.18. The Morgan fingerprint density at radius 3 is 2.48 bits per heavy atom. The normalized spacial score (nSPS) is 13.1. The molecule has 0 saturated heterocycles. The van der Waals surface area contributed by atoms with Gasteiger partial charge in [-0.3, -0.25) is 14.3 Å². The van der Waals surface area contributed by atoms with E-state index in [4.69, 9.17) is 5.73 Å². The molecule has 0 spiro atoms. The van der Waals surface area contributed by atoms with Crippen LogP contribution in [0.15, 0.2) is 12.4 Å². The first-order chi connectivity index (χ1) is 9.61. The summed E-state index contributed by atoms with van der Waals surface area (Å²) in [4.78, 5) is 23.4. The average molecular weight is 295 g/mol. The van der Waals surface area contributed by atoms with Gasteiger partial charge in [0.05, 0.1) is 30.0 Å². The van der Waals surface area contributed by atoms with E-state index >= 15 is 0 Å². The summed E-state index contributed by atoms with van der Waals surface area (Å²) < 4.78 is 1.76. The fraction of sp³-hybridized carbons (Fsp3) is 0.643. The number of carbonyl (C=O) groups is 2. The summed E-state index contributed by atoms with van der Waals surface area (Å²) >= 11 is 0. The van der Waals surface area contributed by atoms with Crippen molar-refractivity contribution < 1.29 is 9.59 Å². The third-order valence-corrected chi connectivity index (χ3v) is 3.00. The largest absolute Gasteiger partial charge is 0.346 e. The third-order valence-electron chi connectivity index (χ3n) is 3.00. The Kier molecular flexibility index (Phi) is 5.48. The van der Waals surface area contributed by atoms with Crippen LogP contribution < -0.4 is 16.4 Å². The molecule has 0 saturated carbocycles. The molecule has 1 atom stereocenters. The van der Waals surface area contributed by atoms with Crippen molar-refractivity contribution in [3.05, 3.63) is 12.4 Å². The molecule has 1 aromatic heterocycles. The Morgan fingerprint density at radius 1 is 1.38 bits per heavy atom. The summed E-state index contributed by atoms with van der Waals surface area (Å²) in [6.45, 7) is 9.63. The van der Waals surface area contributed by atoms with E-state index in [1.165, 1.54) is 0 Å². The number of amides is 2. The minimum atomic E-state index is -0.610. The van der Waals surface area contributed by atoms with Gasteiger partial charge in [0.1, 0.15) is 0 Å². The molecular weight excluding hydrogens is 270 g/mol. The zero-order chi connectivity index (χ0) is 16.2. The molecule has 0 radical (unpaired) electrons. The standard InChI is InChI=1S/C14H25N5O2/c1-9(2)12(15)13(21)16-7-11(20)18-10-6-17-19(8-10)14(3,4)5/h6,8-9,12H,7,15H2,1-5H3,(H,16,21)(H,18,20)/t12-/m0/s1. The van der Waals surface area contributed by atoms with Gasteiger partial charge in [-0.15, -0.1) is 0 Å². The van der Waals surface area contributed by atoms with Crippen molar-refractivity contribution in [2.75, 3.05) is 11.9 Å². The lowest BCUT2D eigenvalue weighted by molar-refractivity contribution is -0.125. The van der Waals surface area contributed by atoms with Gasteiger partial charge in [-0.05, 0) is 26.7 Å². The smallest absolute Gasteiger partial charge is 0.243 e. The van der Waals surface area contributed by atoms with E-state index in [1.54, 1.807) is 17.1 Å². The van der Waals surface area contributed by atoms with Crippen molar-refractivity contribution in [3.8, 4) is 0 Å². The molecule has 0 aliphatic heterocycles. The molecule has 0 unspecified atom stereocenters. The maximum Gasteiger partial charge on any atom is 0.243 e. The number of anilines is 1. The Bertz CT molecular complexity index is 502. The molecule has 0 aliphatic rings. The van der Waals surface area contributed by atoms with Crippen LogP contribution in [-0.2, 0) is 15.1 Å². The maximum atomic E-state index is 11.8. The zero-order valence-corrected chi connectivity index (χ0v) is 13.3. The van der Waals surface area contributed by atoms with Gasteiger partial charge in [-0.2, -0.15) is 5.10 Å². The van der Waals surface area contributed by atoms with Crippen LogP contribution in [0.25, 0.3) is 0 Å². The number of hydrogen-bond donors (Lipinski definition) is 3. The number of carbonyl (C=O) groups excluding carboxylic acids is 2. The summed E-state index contributed by atoms with van der Waals surface area (Å²) in [6.07, 6.45) is 3.32. The van der Waals surface area contributed by atoms with Crippen molar-refractivity contribution in [2.24, 2.45) is 11.7 Å². The molecule has 1 aromatic rings. The molecule has 2 amide bonds. The molecule has 1 rings (SSSR count). The van der Waals surface area contributed by atoms with E-state index in [9.17, 15) is 9.59 Å². The molecule has 7 nitrogen and oxygen atoms in total. The Labute approximate surface area is 125 Å². The van der Waals surface area contributed by atoms with Gasteiger partial charge in [-0.25, -0.2) is 0 Å². The first-order valence-corrected chi connectivity index (χ1v) is 6.99. The summed E-state index contributed by atoms with van der Waals surface area (Å²) in [5.41, 5.74) is 6.14. The average Bonchev–Trinajstić information content (AvgIpc) is 2.83. The van der Waals surface area contributed by atoms with Crippen molar-refractivity contribution in [2.45, 2.75) is 46.2 Å². The Hall–Kier alpha value is -1.89. The van der Waals surface area contributed by atoms with E-state index in [-0.39, 0.29) is 29.8 Å². The SMILES string of the molecule is CC(C)[C@H](N)C(=O)NCC(=O)Nc1cnn(C(C)(C)C)c1. The van der Waals surface area contributed by atoms with Gasteiger partial charge < -0.3 is 16.4 Å². The van der Waals surface area contributed by atoms with Gasteiger partial charge in [0, 0.05) is 6.20 Å². The van der Waals surface area contributed by atoms with Crippen molar-refractivity contribution in [3.63, 3.8) is 0 Å². The number of aromatic nitrogens is 2. The van der Waals surface area contributed by atoms with Crippen LogP contribution in [0.4, 0.5) is 5.69 Å². The van der Waals surface area contributed by atoms with Gasteiger partial charge >= 0.3 is 0 Å². The number of hydrogen-bond acceptors (Lipinski definition) is 4. The van der Waals surface area contributed by atoms with Crippen molar-refractivity contribution in [1.82, 2.24) is 15.1 Å². The summed E-state index contributed by atoms with van der Waals surface area (Å²) in [5, 5.41) is 9.38. The number of nitrogens with two attached hydrogens (primary N) is 1. The highest BCUT2D eigenvalue weighted by Gasteiger charge is 2.18. The first-order valence-electron chi connectivity index (χ1n) is 6.99. The quantitative estimate of drug-likeness (QED) is 0.743. The topological polar surface area (TPSA) is 102 Å². The second kappa shape index (κ2) is 6.71. The lowest BCUT2D eigenvalue weighted by Crippen LogP contribution is -2.46. The molecule has 4 N–H and O–H groups in total. The van der Waals surface area contributed by atoms with Crippen molar-refractivity contribution >= 4 is 17.5 Å². The minimum absolute atomic E-state index is 0.0260. The van der Waals surface area contributed by atoms with Crippen LogP contribution in [0.1, 0.15) is 34.6 Å². The Morgan fingerprint density at radius 2 is 2.00 bits per heavy atom. The molecule has 0 aromatic carbocycles. The zero-order valence-electron chi connectivity index (χ0n) is 13.3. The molecule has 7 heteroatoms. The predicted octanol–water partition coefficient (Wildman–Crippen LogP) is 0.676. The van der Waals surface area contributed by atoms with E-state index in [1.807, 2.05) is 34.6 Å². The summed E-state index contributed by atoms with van der Waals surface area (Å²) in [5.74, 6) is -0.614. The van der Waals surface area contributed by atoms with Crippen LogP contribution in [0.2, 0.25) is 0 Å². The molecule has 0 fully saturated rings. The molecule has 0 aliphatic carbocycles. The fourth-order valence-corrected chi connectivity index (χ4v) is 1.55. The second-order valence-electron chi connectivity index (χ2n) is 6.38. The molecule has 1 heterocycles. The summed E-state index contributed by atoms with van der Waals surface area (Å²) in [7, 11) is 0. The Balaban J connectivity index is 2.48. The monoisotopic (exact) mass is 295 g/mol. The van der Waals surface area contributed by atoms with Gasteiger partial charge in [0.25, 0.3) is 0 Å². The highest BCUT2D eigenvalue weighted by Crippen LogP contribution is 2.15. The lowest BCUT2D eigenvalue weighted by atomic mass is 10.1. The van der Waals surface area contributed by atoms with E-state index < -0.39 is 6.04 Å². The van der Waals surface area contributed by atoms with Crippen LogP contribution >= 0.6 is 0 Å². The van der Waals surface area contributed by atoms with Crippen molar-refractivity contribution in [1.29, 1.82) is 0 Å². The predicted molar refractivity (Wildman–Crippen MR) is 81.7 cm³/mol. The van der Waals surface area contributed by atoms with Crippen LogP contribution in [0, 0.1) is 5.92 Å². The van der Waals surface area contributed by atoms with Gasteiger partial charge in [0.15, 0.2) is 0 Å². The molecule has 21 heavy (non-hydrogen) atoms. The maximum absolute atomic E-state index is 11.8. The number of nitrogens with one attached hydrogen (secondary N) is 2. The van der Waals surface area contributed by atoms with Crippen LogP contribution in [0.5, 0.6) is 0 Å². The highest BCUT2D eigenvalue weighted by molar-refractivity contribution is 5.95. The van der Waals surface area contributed by atoms with E-state index in [0.717, 1.165) is 0 Å². The van der Waals surface area contributed by atoms with Crippen LogP contribution in [0.3, 0.4) is 0 Å². The van der Waals surface area contributed by atoms with E-state index in [0.29, 0.717) is 5.69 Å². The lowest BCUT2D eigenvalue weighted by Gasteiger charge is -2.18. The molecule has 0 bridgehead atoms. The second-order valence-corrected chi connectivity index (χ2v) is 6.38. The van der Waals surface area contributed by atoms with Gasteiger partial charge in [0.2, 0.25) is 11.8 Å². The minimum Gasteiger partial charge on any atom is -0.346 e. The van der Waals surface area contributed by atoms with E-state index in [2.05, 4.69) is 15.7 Å². The number of rotatable bonds is 5. The molecule has 118 valence electrons. The molecular formula is C14H25N5O2. The number of nitrogens with zero attached hydrogens (tertiary/aromatic N) is 2. The van der Waals surface area contributed by atoms with Crippen LogP contribution in [-0.4, -0.2) is 34.2 Å². The van der Waals surface area contributed by atoms with Gasteiger partial charge in [-0.1, -0.05) is 13.8 Å². The highest BCUT2D eigenvalue weighted by atomic mass is 16.2. The summed E-state index contributed by atoms with van der Waals surface area (Å²) in [6, 6.07) is -0.610. The first kappa shape index (κ1) is 17.2.